The third-order valence-corrected chi connectivity index (χ3v) is 4.55. The molecule has 3 N–H and O–H groups in total. The summed E-state index contributed by atoms with van der Waals surface area (Å²) >= 11 is 0. The van der Waals surface area contributed by atoms with Gasteiger partial charge in [-0.2, -0.15) is 0 Å². The first kappa shape index (κ1) is 14.3. The normalized spacial score (nSPS) is 33.2. The lowest BCUT2D eigenvalue weighted by Crippen LogP contribution is -2.62. The van der Waals surface area contributed by atoms with Crippen molar-refractivity contribution in [3.8, 4) is 0 Å². The fourth-order valence-electron chi connectivity index (χ4n) is 3.37. The van der Waals surface area contributed by atoms with Gasteiger partial charge >= 0.3 is 0 Å². The van der Waals surface area contributed by atoms with Crippen LogP contribution < -0.4 is 5.73 Å². The van der Waals surface area contributed by atoms with E-state index in [-0.39, 0.29) is 24.1 Å². The molecule has 18 heavy (non-hydrogen) atoms. The van der Waals surface area contributed by atoms with E-state index in [1.807, 2.05) is 0 Å². The Kier molecular flexibility index (Phi) is 4.32. The molecule has 1 aliphatic carbocycles. The summed E-state index contributed by atoms with van der Waals surface area (Å²) in [7, 11) is 0. The minimum atomic E-state index is -0.0122. The highest BCUT2D eigenvalue weighted by molar-refractivity contribution is 4.97. The molecule has 106 valence electrons. The van der Waals surface area contributed by atoms with Crippen molar-refractivity contribution >= 4 is 0 Å². The maximum Gasteiger partial charge on any atom is 0.0731 e. The fraction of sp³-hybridized carbons (Fsp3) is 1.00. The Hall–Kier alpha value is -0.160. The number of aliphatic hydroxyl groups excluding tert-OH is 1. The van der Waals surface area contributed by atoms with Crippen molar-refractivity contribution in [1.82, 2.24) is 4.90 Å². The van der Waals surface area contributed by atoms with Crippen molar-refractivity contribution < 1.29 is 9.84 Å². The molecule has 4 heteroatoms. The van der Waals surface area contributed by atoms with Gasteiger partial charge in [0, 0.05) is 24.7 Å². The average molecular weight is 256 g/mol. The summed E-state index contributed by atoms with van der Waals surface area (Å²) in [6.07, 6.45) is 3.93. The molecular weight excluding hydrogens is 228 g/mol. The zero-order valence-corrected chi connectivity index (χ0v) is 11.9. The molecule has 1 saturated heterocycles. The van der Waals surface area contributed by atoms with Gasteiger partial charge in [0.05, 0.1) is 19.3 Å². The molecule has 0 spiro atoms. The zero-order chi connectivity index (χ0) is 13.3. The fourth-order valence-corrected chi connectivity index (χ4v) is 3.37. The summed E-state index contributed by atoms with van der Waals surface area (Å²) in [6.45, 7) is 8.25. The number of morpholine rings is 1. The summed E-state index contributed by atoms with van der Waals surface area (Å²) in [5.74, 6) is 0. The number of hydrogen-bond donors (Lipinski definition) is 2. The van der Waals surface area contributed by atoms with Crippen molar-refractivity contribution in [1.29, 1.82) is 0 Å². The molecule has 1 aliphatic heterocycles. The van der Waals surface area contributed by atoms with E-state index < -0.39 is 0 Å². The molecule has 0 aromatic heterocycles. The largest absolute Gasteiger partial charge is 0.395 e. The monoisotopic (exact) mass is 256 g/mol. The highest BCUT2D eigenvalue weighted by Gasteiger charge is 2.42. The van der Waals surface area contributed by atoms with E-state index in [1.54, 1.807) is 0 Å². The highest BCUT2D eigenvalue weighted by atomic mass is 16.5. The highest BCUT2D eigenvalue weighted by Crippen LogP contribution is 2.33. The van der Waals surface area contributed by atoms with Gasteiger partial charge in [0.1, 0.15) is 0 Å². The number of nitrogens with zero attached hydrogens (tertiary/aromatic N) is 1. The number of hydrogen-bond acceptors (Lipinski definition) is 4. The van der Waals surface area contributed by atoms with Crippen LogP contribution in [0.1, 0.15) is 40.0 Å². The van der Waals surface area contributed by atoms with Crippen molar-refractivity contribution in [3.63, 3.8) is 0 Å². The van der Waals surface area contributed by atoms with E-state index >= 15 is 0 Å². The van der Waals surface area contributed by atoms with Crippen LogP contribution in [0.3, 0.4) is 0 Å². The van der Waals surface area contributed by atoms with Gasteiger partial charge in [0.2, 0.25) is 0 Å². The van der Waals surface area contributed by atoms with E-state index in [9.17, 15) is 5.11 Å². The molecule has 0 bridgehead atoms. The van der Waals surface area contributed by atoms with Gasteiger partial charge in [0.25, 0.3) is 0 Å². The molecule has 1 heterocycles. The maximum atomic E-state index is 9.77. The number of nitrogens with two attached hydrogens (primary N) is 1. The van der Waals surface area contributed by atoms with E-state index in [2.05, 4.69) is 25.7 Å². The van der Waals surface area contributed by atoms with Gasteiger partial charge in [-0.1, -0.05) is 20.8 Å². The van der Waals surface area contributed by atoms with Gasteiger partial charge < -0.3 is 15.6 Å². The van der Waals surface area contributed by atoms with Crippen LogP contribution >= 0.6 is 0 Å². The molecule has 4 unspecified atom stereocenters. The van der Waals surface area contributed by atoms with Crippen LogP contribution in [-0.4, -0.2) is 54.0 Å². The molecule has 1 saturated carbocycles. The van der Waals surface area contributed by atoms with Crippen LogP contribution in [0.15, 0.2) is 0 Å². The Labute approximate surface area is 110 Å². The lowest BCUT2D eigenvalue weighted by molar-refractivity contribution is -0.0882. The second-order valence-electron chi connectivity index (χ2n) is 6.79. The molecular formula is C14H28N2O2. The van der Waals surface area contributed by atoms with E-state index in [0.717, 1.165) is 19.6 Å². The smallest absolute Gasteiger partial charge is 0.0731 e. The number of ether oxygens (including phenoxy) is 1. The third-order valence-electron chi connectivity index (χ3n) is 4.55. The van der Waals surface area contributed by atoms with Crippen LogP contribution in [0.4, 0.5) is 0 Å². The van der Waals surface area contributed by atoms with E-state index in [1.165, 1.54) is 12.8 Å². The summed E-state index contributed by atoms with van der Waals surface area (Å²) < 4.78 is 5.83. The number of rotatable bonds is 3. The average Bonchev–Trinajstić information content (AvgIpc) is 2.77. The standard InChI is InChI=1S/C14H28N2O2/c1-14(2,3)13(15)11(9-17)16-7-8-18-12-6-4-5-10(12)16/h10-13,17H,4-9,15H2,1-3H3. The van der Waals surface area contributed by atoms with Crippen LogP contribution in [0.2, 0.25) is 0 Å². The maximum absolute atomic E-state index is 9.77. The molecule has 0 radical (unpaired) electrons. The van der Waals surface area contributed by atoms with Crippen LogP contribution in [0.5, 0.6) is 0 Å². The minimum Gasteiger partial charge on any atom is -0.395 e. The quantitative estimate of drug-likeness (QED) is 0.790. The second-order valence-corrected chi connectivity index (χ2v) is 6.79. The van der Waals surface area contributed by atoms with Crippen LogP contribution in [0.25, 0.3) is 0 Å². The Morgan fingerprint density at radius 1 is 1.39 bits per heavy atom. The molecule has 0 amide bonds. The molecule has 0 aromatic carbocycles. The first-order valence-corrected chi connectivity index (χ1v) is 7.19. The molecule has 2 fully saturated rings. The first-order valence-electron chi connectivity index (χ1n) is 7.19. The van der Waals surface area contributed by atoms with E-state index in [4.69, 9.17) is 10.5 Å². The Balaban J connectivity index is 2.11. The summed E-state index contributed by atoms with van der Waals surface area (Å²) in [5, 5.41) is 9.77. The molecule has 2 aliphatic rings. The van der Waals surface area contributed by atoms with Gasteiger partial charge in [-0.15, -0.1) is 0 Å². The molecule has 4 nitrogen and oxygen atoms in total. The SMILES string of the molecule is CC(C)(C)C(N)C(CO)N1CCOC2CCCC21. The van der Waals surface area contributed by atoms with Gasteiger partial charge in [-0.05, 0) is 24.7 Å². The van der Waals surface area contributed by atoms with Gasteiger partial charge in [0.15, 0.2) is 0 Å². The predicted octanol–water partition coefficient (Wildman–Crippen LogP) is 0.974. The van der Waals surface area contributed by atoms with Crippen molar-refractivity contribution in [2.75, 3.05) is 19.8 Å². The van der Waals surface area contributed by atoms with E-state index in [0.29, 0.717) is 12.1 Å². The minimum absolute atomic E-state index is 0.0122. The molecule has 2 rings (SSSR count). The lowest BCUT2D eigenvalue weighted by atomic mass is 9.82. The first-order chi connectivity index (χ1) is 8.45. The summed E-state index contributed by atoms with van der Waals surface area (Å²) in [6, 6.07) is 0.505. The Morgan fingerprint density at radius 2 is 2.11 bits per heavy atom. The lowest BCUT2D eigenvalue weighted by Gasteiger charge is -2.46. The van der Waals surface area contributed by atoms with Gasteiger partial charge in [-0.3, -0.25) is 4.90 Å². The topological polar surface area (TPSA) is 58.7 Å². The second kappa shape index (κ2) is 5.45. The predicted molar refractivity (Wildman–Crippen MR) is 72.4 cm³/mol. The third kappa shape index (κ3) is 2.72. The van der Waals surface area contributed by atoms with Gasteiger partial charge in [-0.25, -0.2) is 0 Å². The zero-order valence-electron chi connectivity index (χ0n) is 11.9. The number of fused-ring (bicyclic) bond motifs is 1. The van der Waals surface area contributed by atoms with Crippen LogP contribution in [0, 0.1) is 5.41 Å². The summed E-state index contributed by atoms with van der Waals surface area (Å²) in [5.41, 5.74) is 6.39. The van der Waals surface area contributed by atoms with Crippen molar-refractivity contribution in [2.45, 2.75) is 64.3 Å². The Morgan fingerprint density at radius 3 is 2.72 bits per heavy atom. The van der Waals surface area contributed by atoms with Crippen LogP contribution in [-0.2, 0) is 4.74 Å². The van der Waals surface area contributed by atoms with Crippen molar-refractivity contribution in [3.05, 3.63) is 0 Å². The van der Waals surface area contributed by atoms with Crippen molar-refractivity contribution in [2.24, 2.45) is 11.1 Å². The Bertz CT molecular complexity index is 275. The number of aliphatic hydroxyl groups is 1. The molecule has 0 aromatic rings. The summed E-state index contributed by atoms with van der Waals surface area (Å²) in [4.78, 5) is 2.41. The molecule has 4 atom stereocenters.